The molecule has 7 rings (SSSR count). The lowest BCUT2D eigenvalue weighted by molar-refractivity contribution is -0.519. The number of nitrogens with two attached hydrogens (primary N) is 4. The van der Waals surface area contributed by atoms with Gasteiger partial charge in [-0.2, -0.15) is 0 Å². The lowest BCUT2D eigenvalue weighted by Gasteiger charge is -2.36. The first kappa shape index (κ1) is 33.8. The molecule has 0 saturated carbocycles. The van der Waals surface area contributed by atoms with Crippen LogP contribution in [0, 0.1) is 17.9 Å². The molecule has 5 aromatic rings. The maximum atomic E-state index is 12.6. The van der Waals surface area contributed by atoms with E-state index >= 15 is 0 Å². The molecule has 9 N–H and O–H groups in total. The number of nitrogens with zero attached hydrogens (tertiary/aromatic N) is 4. The van der Waals surface area contributed by atoms with Gasteiger partial charge in [-0.3, -0.25) is 0 Å². The molecule has 0 heterocycles. The van der Waals surface area contributed by atoms with Crippen molar-refractivity contribution in [1.29, 1.82) is 5.26 Å². The summed E-state index contributed by atoms with van der Waals surface area (Å²) in [5.74, 6) is -0.0965. The molecule has 0 fully saturated rings. The number of anilines is 5. The minimum Gasteiger partial charge on any atom is -0.507 e. The summed E-state index contributed by atoms with van der Waals surface area (Å²) in [7, 11) is 0. The van der Waals surface area contributed by atoms with E-state index in [0.717, 1.165) is 59.5 Å². The molecular weight excluding hydrogens is 645 g/mol. The monoisotopic (exact) mass is 685 g/mol. The summed E-state index contributed by atoms with van der Waals surface area (Å²) in [5, 5.41) is 26.3. The van der Waals surface area contributed by atoms with Gasteiger partial charge in [-0.25, -0.2) is 14.7 Å². The Morgan fingerprint density at radius 1 is 0.712 bits per heavy atom. The van der Waals surface area contributed by atoms with Crippen LogP contribution in [0.25, 0.3) is 37.5 Å². The Morgan fingerprint density at radius 3 is 1.63 bits per heavy atom. The predicted molar refractivity (Wildman–Crippen MR) is 215 cm³/mol. The fourth-order valence-corrected chi connectivity index (χ4v) is 8.27. The Labute approximate surface area is 303 Å². The van der Waals surface area contributed by atoms with Crippen molar-refractivity contribution >= 4 is 66.8 Å². The maximum Gasteiger partial charge on any atom is 0.270 e. The van der Waals surface area contributed by atoms with Crippen molar-refractivity contribution in [1.82, 2.24) is 0 Å². The van der Waals surface area contributed by atoms with E-state index in [-0.39, 0.29) is 11.5 Å². The van der Waals surface area contributed by atoms with Crippen molar-refractivity contribution in [3.05, 3.63) is 135 Å². The van der Waals surface area contributed by atoms with E-state index in [1.54, 1.807) is 0 Å². The van der Waals surface area contributed by atoms with Gasteiger partial charge in [0.25, 0.3) is 5.70 Å². The number of aliphatic hydroxyl groups excluding tert-OH is 1. The SMILES string of the molecule is [C-]#[N+]C(C#N)=C1C(=C2c3c(N)cccc3C(=[N+](CC)CC)c3cccc(N)c32)C(O)=C1c1c2c(N)cccc2c(N(CC)CC)c2cccc(N)c12. The van der Waals surface area contributed by atoms with Crippen molar-refractivity contribution < 1.29 is 9.68 Å². The average Bonchev–Trinajstić information content (AvgIpc) is 3.14. The summed E-state index contributed by atoms with van der Waals surface area (Å²) in [5.41, 5.74) is 36.3. The summed E-state index contributed by atoms with van der Waals surface area (Å²) in [6, 6.07) is 25.1. The molecule has 9 nitrogen and oxygen atoms in total. The number of aliphatic hydroxyl groups is 1. The van der Waals surface area contributed by atoms with E-state index in [1.165, 1.54) is 0 Å². The van der Waals surface area contributed by atoms with Crippen LogP contribution in [-0.2, 0) is 0 Å². The van der Waals surface area contributed by atoms with Crippen LogP contribution in [0.5, 0.6) is 0 Å². The highest BCUT2D eigenvalue weighted by Gasteiger charge is 2.43. The third-order valence-electron chi connectivity index (χ3n) is 10.5. The summed E-state index contributed by atoms with van der Waals surface area (Å²) in [4.78, 5) is 5.99. The molecule has 2 aliphatic rings. The van der Waals surface area contributed by atoms with Crippen LogP contribution >= 0.6 is 0 Å². The van der Waals surface area contributed by atoms with Crippen LogP contribution in [0.3, 0.4) is 0 Å². The molecule has 2 aliphatic carbocycles. The minimum atomic E-state index is -0.181. The largest absolute Gasteiger partial charge is 0.507 e. The third kappa shape index (κ3) is 4.63. The fraction of sp³-hybridized carbons (Fsp3) is 0.186. The number of nitriles is 1. The zero-order chi connectivity index (χ0) is 37.0. The van der Waals surface area contributed by atoms with E-state index in [2.05, 4.69) is 48.1 Å². The zero-order valence-electron chi connectivity index (χ0n) is 29.8. The molecular formula is C43H41N8O+. The van der Waals surface area contributed by atoms with Crippen molar-refractivity contribution in [3.8, 4) is 6.07 Å². The Balaban J connectivity index is 1.73. The molecule has 0 aromatic heterocycles. The van der Waals surface area contributed by atoms with Crippen molar-refractivity contribution in [2.24, 2.45) is 0 Å². The molecule has 0 saturated heterocycles. The van der Waals surface area contributed by atoms with Gasteiger partial charge in [0, 0.05) is 96.4 Å². The first-order chi connectivity index (χ1) is 25.2. The molecule has 258 valence electrons. The quantitative estimate of drug-likeness (QED) is 0.0393. The number of rotatable bonds is 6. The summed E-state index contributed by atoms with van der Waals surface area (Å²) >= 11 is 0. The predicted octanol–water partition coefficient (Wildman–Crippen LogP) is 7.85. The third-order valence-corrected chi connectivity index (χ3v) is 10.5. The zero-order valence-corrected chi connectivity index (χ0v) is 29.8. The summed E-state index contributed by atoms with van der Waals surface area (Å²) in [6.45, 7) is 19.6. The lowest BCUT2D eigenvalue weighted by Crippen LogP contribution is -2.30. The van der Waals surface area contributed by atoms with E-state index in [4.69, 9.17) is 29.5 Å². The normalized spacial score (nSPS) is 14.5. The van der Waals surface area contributed by atoms with Crippen LogP contribution in [0.15, 0.2) is 95.4 Å². The van der Waals surface area contributed by atoms with Gasteiger partial charge in [0.15, 0.2) is 0 Å². The van der Waals surface area contributed by atoms with Crippen molar-refractivity contribution in [2.75, 3.05) is 54.0 Å². The Morgan fingerprint density at radius 2 is 1.19 bits per heavy atom. The van der Waals surface area contributed by atoms with Crippen LogP contribution in [0.1, 0.15) is 55.5 Å². The molecule has 0 spiro atoms. The second-order valence-electron chi connectivity index (χ2n) is 12.9. The number of hydrogen-bond acceptors (Lipinski definition) is 7. The van der Waals surface area contributed by atoms with Crippen LogP contribution in [0.2, 0.25) is 0 Å². The van der Waals surface area contributed by atoms with Gasteiger partial charge in [0.05, 0.1) is 29.5 Å². The van der Waals surface area contributed by atoms with Gasteiger partial charge in [-0.05, 0) is 64.1 Å². The highest BCUT2D eigenvalue weighted by Crippen LogP contribution is 2.58. The minimum absolute atomic E-state index is 0.0965. The molecule has 52 heavy (non-hydrogen) atoms. The van der Waals surface area contributed by atoms with Crippen molar-refractivity contribution in [2.45, 2.75) is 27.7 Å². The molecule has 0 bridgehead atoms. The van der Waals surface area contributed by atoms with Crippen LogP contribution < -0.4 is 27.8 Å². The van der Waals surface area contributed by atoms with E-state index in [1.807, 2.05) is 72.8 Å². The molecule has 0 aliphatic heterocycles. The van der Waals surface area contributed by atoms with E-state index in [0.29, 0.717) is 72.5 Å². The molecule has 0 amide bonds. The number of fused-ring (bicyclic) bond motifs is 4. The molecule has 5 aromatic carbocycles. The van der Waals surface area contributed by atoms with Gasteiger partial charge in [-0.15, -0.1) is 0 Å². The molecule has 9 heteroatoms. The Kier molecular flexibility index (Phi) is 8.36. The first-order valence-electron chi connectivity index (χ1n) is 17.6. The Hall–Kier alpha value is -6.71. The molecule has 0 radical (unpaired) electrons. The summed E-state index contributed by atoms with van der Waals surface area (Å²) in [6.07, 6.45) is 0. The highest BCUT2D eigenvalue weighted by molar-refractivity contribution is 6.29. The maximum absolute atomic E-state index is 12.6. The summed E-state index contributed by atoms with van der Waals surface area (Å²) < 4.78 is 2.26. The van der Waals surface area contributed by atoms with E-state index < -0.39 is 0 Å². The first-order valence-corrected chi connectivity index (χ1v) is 17.6. The molecule has 0 unspecified atom stereocenters. The number of hydrogen-bond donors (Lipinski definition) is 5. The highest BCUT2D eigenvalue weighted by atomic mass is 16.3. The smallest absolute Gasteiger partial charge is 0.270 e. The fourth-order valence-electron chi connectivity index (χ4n) is 8.27. The van der Waals surface area contributed by atoms with Gasteiger partial charge in [-0.1, -0.05) is 36.4 Å². The van der Waals surface area contributed by atoms with Gasteiger partial charge >= 0.3 is 0 Å². The van der Waals surface area contributed by atoms with Gasteiger partial charge < -0.3 is 32.9 Å². The molecule has 0 atom stereocenters. The second kappa shape index (κ2) is 12.9. The standard InChI is InChI=1S/C43H40N8O/c1-6-50(7-2)41-23-14-10-18-27(45)32(23)37(33-24(41)15-11-19-28(33)46)39-36(31(22-44)49-5)40(43(39)52)38-34-25(16-12-20-29(34)47)42(51(8-3)9-4)26-17-13-21-30(48)35(26)38/h10-21H,6-9,45-48H2,1-4H3/p+1. The number of allylic oxidation sites excluding steroid dienone is 3. The number of nitrogen functional groups attached to an aromatic ring is 4. The van der Waals surface area contributed by atoms with Crippen LogP contribution in [0.4, 0.5) is 28.4 Å². The number of benzene rings is 5. The van der Waals surface area contributed by atoms with Crippen molar-refractivity contribution in [3.63, 3.8) is 0 Å². The second-order valence-corrected chi connectivity index (χ2v) is 12.9. The van der Waals surface area contributed by atoms with Gasteiger partial charge in [0.1, 0.15) is 18.8 Å². The van der Waals surface area contributed by atoms with E-state index in [9.17, 15) is 10.4 Å². The van der Waals surface area contributed by atoms with Gasteiger partial charge in [0.2, 0.25) is 5.71 Å². The lowest BCUT2D eigenvalue weighted by atomic mass is 9.68. The van der Waals surface area contributed by atoms with Crippen LogP contribution in [-0.4, -0.2) is 41.6 Å². The average molecular weight is 686 g/mol. The Bertz CT molecular complexity index is 2450. The topological polar surface area (TPSA) is 159 Å².